The molecule has 2 rings (SSSR count). The van der Waals surface area contributed by atoms with E-state index in [9.17, 15) is 4.79 Å². The van der Waals surface area contributed by atoms with Gasteiger partial charge >= 0.3 is 0 Å². The van der Waals surface area contributed by atoms with Gasteiger partial charge in [-0.15, -0.1) is 11.3 Å². The van der Waals surface area contributed by atoms with E-state index in [1.165, 1.54) is 6.33 Å². The van der Waals surface area contributed by atoms with Crippen LogP contribution < -0.4 is 4.90 Å². The van der Waals surface area contributed by atoms with Gasteiger partial charge in [-0.1, -0.05) is 11.6 Å². The average Bonchev–Trinajstić information content (AvgIpc) is 2.74. The third-order valence-electron chi connectivity index (χ3n) is 2.52. The first kappa shape index (κ1) is 12.9. The van der Waals surface area contributed by atoms with E-state index in [2.05, 4.69) is 15.0 Å². The minimum absolute atomic E-state index is 0.169. The van der Waals surface area contributed by atoms with Gasteiger partial charge in [0, 0.05) is 11.9 Å². The number of carbonyl (C=O) groups excluding carboxylic acids is 1. The lowest BCUT2D eigenvalue weighted by atomic mass is 10.3. The Morgan fingerprint density at radius 3 is 2.83 bits per heavy atom. The number of rotatable bonds is 4. The largest absolute Gasteiger partial charge is 0.354 e. The van der Waals surface area contributed by atoms with Crippen molar-refractivity contribution in [2.75, 3.05) is 11.9 Å². The molecule has 18 heavy (non-hydrogen) atoms. The van der Waals surface area contributed by atoms with E-state index in [1.54, 1.807) is 16.8 Å². The van der Waals surface area contributed by atoms with Crippen molar-refractivity contribution in [2.45, 2.75) is 13.5 Å². The number of aryl methyl sites for hydroxylation is 1. The summed E-state index contributed by atoms with van der Waals surface area (Å²) in [6, 6.07) is 0. The summed E-state index contributed by atoms with van der Waals surface area (Å²) in [7, 11) is 1.85. The molecule has 7 heteroatoms. The van der Waals surface area contributed by atoms with Gasteiger partial charge in [-0.3, -0.25) is 4.79 Å². The first-order valence-electron chi connectivity index (χ1n) is 5.19. The van der Waals surface area contributed by atoms with Crippen molar-refractivity contribution in [3.8, 4) is 0 Å². The Hall–Kier alpha value is -1.53. The van der Waals surface area contributed by atoms with E-state index in [4.69, 9.17) is 11.6 Å². The molecule has 0 amide bonds. The second-order valence-corrected chi connectivity index (χ2v) is 5.03. The van der Waals surface area contributed by atoms with Crippen molar-refractivity contribution in [3.05, 3.63) is 33.1 Å². The second kappa shape index (κ2) is 5.41. The number of hydrogen-bond acceptors (Lipinski definition) is 6. The quantitative estimate of drug-likeness (QED) is 0.636. The minimum Gasteiger partial charge on any atom is -0.354 e. The SMILES string of the molecule is Cc1ncsc1CN(C)c1ncnc(Cl)c1C=O. The molecule has 94 valence electrons. The number of nitrogens with zero attached hydrogens (tertiary/aromatic N) is 4. The van der Waals surface area contributed by atoms with E-state index in [1.807, 2.05) is 18.9 Å². The Kier molecular flexibility index (Phi) is 3.88. The van der Waals surface area contributed by atoms with Crippen LogP contribution >= 0.6 is 22.9 Å². The molecule has 0 unspecified atom stereocenters. The Labute approximate surface area is 113 Å². The van der Waals surface area contributed by atoms with E-state index in [-0.39, 0.29) is 5.15 Å². The first-order valence-corrected chi connectivity index (χ1v) is 6.45. The van der Waals surface area contributed by atoms with Crippen LogP contribution in [0, 0.1) is 6.92 Å². The molecule has 2 heterocycles. The second-order valence-electron chi connectivity index (χ2n) is 3.74. The molecule has 0 aliphatic rings. The van der Waals surface area contributed by atoms with Crippen molar-refractivity contribution in [1.82, 2.24) is 15.0 Å². The summed E-state index contributed by atoms with van der Waals surface area (Å²) < 4.78 is 0. The summed E-state index contributed by atoms with van der Waals surface area (Å²) in [5.74, 6) is 0.526. The number of thiazole rings is 1. The van der Waals surface area contributed by atoms with Gasteiger partial charge in [0.05, 0.1) is 23.3 Å². The highest BCUT2D eigenvalue weighted by atomic mass is 35.5. The molecule has 0 radical (unpaired) electrons. The third kappa shape index (κ3) is 2.49. The van der Waals surface area contributed by atoms with Crippen LogP contribution in [0.15, 0.2) is 11.8 Å². The summed E-state index contributed by atoms with van der Waals surface area (Å²) in [4.78, 5) is 26.1. The standard InChI is InChI=1S/C11H11ClN4OS/c1-7-9(18-6-15-7)3-16(2)11-8(4-17)10(12)13-5-14-11/h4-6H,3H2,1-2H3. The molecule has 0 bridgehead atoms. The van der Waals surface area contributed by atoms with Crippen LogP contribution in [-0.4, -0.2) is 28.3 Å². The maximum Gasteiger partial charge on any atom is 0.156 e. The molecule has 0 aliphatic carbocycles. The van der Waals surface area contributed by atoms with Crippen LogP contribution in [0.4, 0.5) is 5.82 Å². The Morgan fingerprint density at radius 1 is 1.44 bits per heavy atom. The fourth-order valence-electron chi connectivity index (χ4n) is 1.54. The van der Waals surface area contributed by atoms with Gasteiger partial charge in [0.15, 0.2) is 6.29 Å². The van der Waals surface area contributed by atoms with Gasteiger partial charge in [0.25, 0.3) is 0 Å². The highest BCUT2D eigenvalue weighted by molar-refractivity contribution is 7.09. The van der Waals surface area contributed by atoms with Gasteiger partial charge < -0.3 is 4.90 Å². The third-order valence-corrected chi connectivity index (χ3v) is 3.74. The van der Waals surface area contributed by atoms with Gasteiger partial charge in [-0.05, 0) is 6.92 Å². The maximum atomic E-state index is 11.0. The molecule has 2 aromatic rings. The molecule has 0 saturated heterocycles. The zero-order valence-corrected chi connectivity index (χ0v) is 11.5. The molecule has 0 aromatic carbocycles. The lowest BCUT2D eigenvalue weighted by molar-refractivity contribution is 0.112. The topological polar surface area (TPSA) is 59.0 Å². The molecule has 0 fully saturated rings. The summed E-state index contributed by atoms with van der Waals surface area (Å²) in [6.45, 7) is 2.58. The monoisotopic (exact) mass is 282 g/mol. The number of anilines is 1. The summed E-state index contributed by atoms with van der Waals surface area (Å²) in [6.07, 6.45) is 2.02. The summed E-state index contributed by atoms with van der Waals surface area (Å²) >= 11 is 7.44. The molecule has 0 spiro atoms. The number of carbonyl (C=O) groups is 1. The van der Waals surface area contributed by atoms with Crippen molar-refractivity contribution in [2.24, 2.45) is 0 Å². The van der Waals surface area contributed by atoms with E-state index in [0.717, 1.165) is 10.6 Å². The number of aromatic nitrogens is 3. The van der Waals surface area contributed by atoms with Gasteiger partial charge in [0.2, 0.25) is 0 Å². The smallest absolute Gasteiger partial charge is 0.156 e. The Morgan fingerprint density at radius 2 is 2.22 bits per heavy atom. The van der Waals surface area contributed by atoms with Crippen molar-refractivity contribution in [1.29, 1.82) is 0 Å². The van der Waals surface area contributed by atoms with Crippen molar-refractivity contribution < 1.29 is 4.79 Å². The van der Waals surface area contributed by atoms with E-state index in [0.29, 0.717) is 24.2 Å². The van der Waals surface area contributed by atoms with E-state index >= 15 is 0 Å². The van der Waals surface area contributed by atoms with Gasteiger partial charge in [-0.25, -0.2) is 15.0 Å². The zero-order valence-electron chi connectivity index (χ0n) is 9.92. The number of halogens is 1. The average molecular weight is 283 g/mol. The molecule has 0 atom stereocenters. The lowest BCUT2D eigenvalue weighted by Crippen LogP contribution is -2.19. The number of aldehydes is 1. The van der Waals surface area contributed by atoms with Crippen molar-refractivity contribution >= 4 is 35.0 Å². The van der Waals surface area contributed by atoms with E-state index < -0.39 is 0 Å². The molecular weight excluding hydrogens is 272 g/mol. The zero-order chi connectivity index (χ0) is 13.1. The van der Waals surface area contributed by atoms with Crippen LogP contribution in [-0.2, 0) is 6.54 Å². The fourth-order valence-corrected chi connectivity index (χ4v) is 2.54. The normalized spacial score (nSPS) is 10.4. The van der Waals surface area contributed by atoms with Crippen LogP contribution in [0.25, 0.3) is 0 Å². The fraction of sp³-hybridized carbons (Fsp3) is 0.273. The van der Waals surface area contributed by atoms with Crippen LogP contribution in [0.2, 0.25) is 5.15 Å². The molecule has 0 aliphatic heterocycles. The number of hydrogen-bond donors (Lipinski definition) is 0. The predicted molar refractivity (Wildman–Crippen MR) is 71.4 cm³/mol. The van der Waals surface area contributed by atoms with Crippen molar-refractivity contribution in [3.63, 3.8) is 0 Å². The highest BCUT2D eigenvalue weighted by Crippen LogP contribution is 2.23. The molecule has 0 N–H and O–H groups in total. The Balaban J connectivity index is 2.29. The van der Waals surface area contributed by atoms with Crippen LogP contribution in [0.5, 0.6) is 0 Å². The summed E-state index contributed by atoms with van der Waals surface area (Å²) in [5.41, 5.74) is 3.09. The van der Waals surface area contributed by atoms with Crippen LogP contribution in [0.3, 0.4) is 0 Å². The highest BCUT2D eigenvalue weighted by Gasteiger charge is 2.14. The molecule has 2 aromatic heterocycles. The molecular formula is C11H11ClN4OS. The molecule has 5 nitrogen and oxygen atoms in total. The predicted octanol–water partition coefficient (Wildman–Crippen LogP) is 2.34. The molecule has 0 saturated carbocycles. The van der Waals surface area contributed by atoms with Crippen LogP contribution in [0.1, 0.15) is 20.9 Å². The summed E-state index contributed by atoms with van der Waals surface area (Å²) in [5, 5.41) is 0.169. The minimum atomic E-state index is 0.169. The maximum absolute atomic E-state index is 11.0. The van der Waals surface area contributed by atoms with Gasteiger partial charge in [-0.2, -0.15) is 0 Å². The Bertz CT molecular complexity index is 572. The lowest BCUT2D eigenvalue weighted by Gasteiger charge is -2.19. The first-order chi connectivity index (χ1) is 8.63. The van der Waals surface area contributed by atoms with Gasteiger partial charge in [0.1, 0.15) is 17.3 Å².